The summed E-state index contributed by atoms with van der Waals surface area (Å²) in [6.07, 6.45) is 3.98. The van der Waals surface area contributed by atoms with E-state index in [2.05, 4.69) is 30.8 Å². The minimum atomic E-state index is -0.428. The Morgan fingerprint density at radius 2 is 2.10 bits per heavy atom. The Balaban J connectivity index is 1.46. The summed E-state index contributed by atoms with van der Waals surface area (Å²) in [5.41, 5.74) is 4.62. The molecule has 0 spiro atoms. The highest BCUT2D eigenvalue weighted by Crippen LogP contribution is 2.25. The number of nitrogens with zero attached hydrogens (tertiary/aromatic N) is 5. The van der Waals surface area contributed by atoms with Crippen molar-refractivity contribution in [1.29, 1.82) is 0 Å². The van der Waals surface area contributed by atoms with Crippen molar-refractivity contribution in [1.82, 2.24) is 30.0 Å². The third-order valence-corrected chi connectivity index (χ3v) is 5.80. The van der Waals surface area contributed by atoms with Gasteiger partial charge in [0.15, 0.2) is 5.01 Å². The monoisotopic (exact) mass is 425 g/mol. The zero-order valence-electron chi connectivity index (χ0n) is 15.6. The molecular weight excluding hydrogens is 406 g/mol. The first-order chi connectivity index (χ1) is 14.2. The van der Waals surface area contributed by atoms with Gasteiger partial charge in [-0.3, -0.25) is 15.4 Å². The molecule has 1 atom stereocenters. The molecule has 0 aliphatic heterocycles. The van der Waals surface area contributed by atoms with Gasteiger partial charge in [0, 0.05) is 19.0 Å². The molecule has 2 N–H and O–H groups in total. The van der Waals surface area contributed by atoms with E-state index < -0.39 is 6.04 Å². The van der Waals surface area contributed by atoms with Crippen molar-refractivity contribution < 1.29 is 4.79 Å². The number of amides is 1. The summed E-state index contributed by atoms with van der Waals surface area (Å²) in [5.74, 6) is -0.156. The van der Waals surface area contributed by atoms with Gasteiger partial charge in [-0.2, -0.15) is 0 Å². The molecule has 4 rings (SSSR count). The molecule has 0 saturated carbocycles. The predicted molar refractivity (Wildman–Crippen MR) is 114 cm³/mol. The molecule has 0 unspecified atom stereocenters. The summed E-state index contributed by atoms with van der Waals surface area (Å²) in [6, 6.07) is 9.49. The molecule has 0 aliphatic carbocycles. The normalized spacial score (nSPS) is 12.0. The van der Waals surface area contributed by atoms with Crippen LogP contribution in [0, 0.1) is 0 Å². The van der Waals surface area contributed by atoms with E-state index in [-0.39, 0.29) is 5.91 Å². The topological polar surface area (TPSA) is 97.6 Å². The van der Waals surface area contributed by atoms with Gasteiger partial charge >= 0.3 is 0 Å². The third kappa shape index (κ3) is 4.91. The fourth-order valence-corrected chi connectivity index (χ4v) is 4.15. The summed E-state index contributed by atoms with van der Waals surface area (Å²) in [7, 11) is 1.89. The molecule has 8 nitrogen and oxygen atoms in total. The van der Waals surface area contributed by atoms with Gasteiger partial charge in [0.1, 0.15) is 0 Å². The van der Waals surface area contributed by atoms with Crippen LogP contribution >= 0.6 is 22.7 Å². The summed E-state index contributed by atoms with van der Waals surface area (Å²) >= 11 is 2.85. The van der Waals surface area contributed by atoms with Crippen molar-refractivity contribution in [3.8, 4) is 10.7 Å². The number of anilines is 1. The molecule has 10 heteroatoms. The predicted octanol–water partition coefficient (Wildman–Crippen LogP) is 2.73. The number of aromatic nitrogens is 5. The molecule has 0 fully saturated rings. The number of benzene rings is 1. The van der Waals surface area contributed by atoms with Crippen LogP contribution in [0.2, 0.25) is 0 Å². The summed E-state index contributed by atoms with van der Waals surface area (Å²) < 4.78 is 1.86. The van der Waals surface area contributed by atoms with Gasteiger partial charge in [-0.1, -0.05) is 41.7 Å². The maximum Gasteiger partial charge on any atom is 0.243 e. The van der Waals surface area contributed by atoms with Gasteiger partial charge in [0.05, 0.1) is 35.5 Å². The molecule has 0 radical (unpaired) electrons. The average molecular weight is 426 g/mol. The van der Waals surface area contributed by atoms with Gasteiger partial charge in [-0.25, -0.2) is 9.97 Å². The van der Waals surface area contributed by atoms with Crippen LogP contribution in [0.1, 0.15) is 11.3 Å². The van der Waals surface area contributed by atoms with Gasteiger partial charge in [0.25, 0.3) is 0 Å². The molecule has 0 saturated heterocycles. The zero-order chi connectivity index (χ0) is 20.1. The van der Waals surface area contributed by atoms with Gasteiger partial charge < -0.3 is 4.57 Å². The van der Waals surface area contributed by atoms with Crippen molar-refractivity contribution in [3.05, 3.63) is 65.0 Å². The minimum Gasteiger partial charge on any atom is -0.332 e. The fourth-order valence-electron chi connectivity index (χ4n) is 2.79. The Morgan fingerprint density at radius 1 is 1.24 bits per heavy atom. The van der Waals surface area contributed by atoms with E-state index in [0.717, 1.165) is 17.0 Å². The van der Waals surface area contributed by atoms with Crippen molar-refractivity contribution in [2.75, 3.05) is 5.32 Å². The van der Waals surface area contributed by atoms with Crippen LogP contribution in [0.15, 0.2) is 53.7 Å². The maximum absolute atomic E-state index is 13.0. The second-order valence-electron chi connectivity index (χ2n) is 6.39. The fraction of sp³-hybridized carbons (Fsp3) is 0.211. The second-order valence-corrected chi connectivity index (χ2v) is 8.09. The lowest BCUT2D eigenvalue weighted by Crippen LogP contribution is -2.41. The Bertz CT molecular complexity index is 1060. The highest BCUT2D eigenvalue weighted by atomic mass is 32.1. The molecule has 3 heterocycles. The van der Waals surface area contributed by atoms with Gasteiger partial charge in [0.2, 0.25) is 11.0 Å². The Labute approximate surface area is 175 Å². The smallest absolute Gasteiger partial charge is 0.243 e. The molecular formula is C19H19N7OS2. The molecule has 0 bridgehead atoms. The number of carbonyl (C=O) groups is 1. The van der Waals surface area contributed by atoms with Crippen LogP contribution in [-0.2, 0) is 24.8 Å². The third-order valence-electron chi connectivity index (χ3n) is 4.30. The largest absolute Gasteiger partial charge is 0.332 e. The van der Waals surface area contributed by atoms with Crippen LogP contribution in [0.25, 0.3) is 10.7 Å². The van der Waals surface area contributed by atoms with Crippen LogP contribution in [0.5, 0.6) is 0 Å². The van der Waals surface area contributed by atoms with E-state index in [0.29, 0.717) is 23.1 Å². The van der Waals surface area contributed by atoms with E-state index in [1.165, 1.54) is 22.7 Å². The SMILES string of the molecule is Cn1cncc1-c1nnc(NC(=O)[C@H](Cc2ccccc2)NCc2cscn2)s1. The molecule has 1 aromatic carbocycles. The maximum atomic E-state index is 13.0. The highest BCUT2D eigenvalue weighted by molar-refractivity contribution is 7.18. The van der Waals surface area contributed by atoms with Crippen LogP contribution in [-0.4, -0.2) is 36.7 Å². The lowest BCUT2D eigenvalue weighted by atomic mass is 10.1. The van der Waals surface area contributed by atoms with E-state index in [1.54, 1.807) is 18.0 Å². The molecule has 4 aromatic rings. The van der Waals surface area contributed by atoms with Crippen LogP contribution in [0.4, 0.5) is 5.13 Å². The van der Waals surface area contributed by atoms with Crippen molar-refractivity contribution in [2.45, 2.75) is 19.0 Å². The zero-order valence-corrected chi connectivity index (χ0v) is 17.3. The quantitative estimate of drug-likeness (QED) is 0.450. The summed E-state index contributed by atoms with van der Waals surface area (Å²) in [4.78, 5) is 21.3. The van der Waals surface area contributed by atoms with Crippen LogP contribution in [0.3, 0.4) is 0 Å². The molecule has 148 valence electrons. The molecule has 0 aliphatic rings. The van der Waals surface area contributed by atoms with Crippen LogP contribution < -0.4 is 10.6 Å². The van der Waals surface area contributed by atoms with E-state index >= 15 is 0 Å². The molecule has 1 amide bonds. The number of carbonyl (C=O) groups excluding carboxylic acids is 1. The number of rotatable bonds is 8. The number of nitrogens with one attached hydrogen (secondary N) is 2. The summed E-state index contributed by atoms with van der Waals surface area (Å²) in [5, 5.41) is 17.6. The Hall–Kier alpha value is -2.95. The van der Waals surface area contributed by atoms with Gasteiger partial charge in [-0.05, 0) is 12.0 Å². The number of aryl methyl sites for hydroxylation is 1. The molecule has 3 aromatic heterocycles. The van der Waals surface area contributed by atoms with E-state index in [1.807, 2.05) is 47.3 Å². The van der Waals surface area contributed by atoms with Crippen molar-refractivity contribution in [3.63, 3.8) is 0 Å². The first-order valence-electron chi connectivity index (χ1n) is 8.94. The van der Waals surface area contributed by atoms with Gasteiger partial charge in [-0.15, -0.1) is 21.5 Å². The first-order valence-corrected chi connectivity index (χ1v) is 10.7. The Morgan fingerprint density at radius 3 is 2.83 bits per heavy atom. The van der Waals surface area contributed by atoms with E-state index in [9.17, 15) is 4.79 Å². The van der Waals surface area contributed by atoms with Crippen molar-refractivity contribution >= 4 is 33.7 Å². The van der Waals surface area contributed by atoms with E-state index in [4.69, 9.17) is 0 Å². The first kappa shape index (κ1) is 19.4. The summed E-state index contributed by atoms with van der Waals surface area (Å²) in [6.45, 7) is 0.519. The average Bonchev–Trinajstić information content (AvgIpc) is 3.48. The number of hydrogen-bond acceptors (Lipinski definition) is 8. The van der Waals surface area contributed by atoms with Crippen molar-refractivity contribution in [2.24, 2.45) is 7.05 Å². The second kappa shape index (κ2) is 9.03. The number of thiazole rings is 1. The Kier molecular flexibility index (Phi) is 6.03. The minimum absolute atomic E-state index is 0.156. The lowest BCUT2D eigenvalue weighted by molar-refractivity contribution is -0.118. The number of imidazole rings is 1. The standard InChI is InChI=1S/C19H19N7OS2/c1-26-11-20-9-16(26)18-24-25-19(29-18)23-17(27)15(7-13-5-3-2-4-6-13)21-8-14-10-28-12-22-14/h2-6,9-12,15,21H,7-8H2,1H3,(H,23,25,27)/t15-/m0/s1. The molecule has 29 heavy (non-hydrogen) atoms. The number of hydrogen-bond donors (Lipinski definition) is 2. The lowest BCUT2D eigenvalue weighted by Gasteiger charge is -2.17. The highest BCUT2D eigenvalue weighted by Gasteiger charge is 2.21.